The van der Waals surface area contributed by atoms with Crippen molar-refractivity contribution in [2.45, 2.75) is 37.6 Å². The Bertz CT molecular complexity index is 632. The highest BCUT2D eigenvalue weighted by Gasteiger charge is 2.35. The summed E-state index contributed by atoms with van der Waals surface area (Å²) in [5.41, 5.74) is 6.33. The van der Waals surface area contributed by atoms with E-state index in [4.69, 9.17) is 5.73 Å². The van der Waals surface area contributed by atoms with Crippen molar-refractivity contribution in [2.24, 2.45) is 5.73 Å². The maximum absolute atomic E-state index is 12.4. The molecule has 0 bridgehead atoms. The van der Waals surface area contributed by atoms with E-state index in [1.54, 1.807) is 6.20 Å². The summed E-state index contributed by atoms with van der Waals surface area (Å²) >= 11 is 0. The summed E-state index contributed by atoms with van der Waals surface area (Å²) in [6, 6.07) is 7.75. The smallest absolute Gasteiger partial charge is 0.244 e. The van der Waals surface area contributed by atoms with Gasteiger partial charge in [0.05, 0.1) is 5.54 Å². The highest BCUT2D eigenvalue weighted by Crippen LogP contribution is 2.27. The van der Waals surface area contributed by atoms with E-state index >= 15 is 0 Å². The molecule has 1 aliphatic rings. The number of fused-ring (bicyclic) bond motifs is 1. The molecule has 4 heteroatoms. The third kappa shape index (κ3) is 2.51. The maximum atomic E-state index is 12.4. The van der Waals surface area contributed by atoms with Crippen molar-refractivity contribution >= 4 is 22.4 Å². The second kappa shape index (κ2) is 5.21. The fraction of sp³-hybridized carbons (Fsp3) is 0.375. The number of nitrogens with one attached hydrogen (secondary N) is 1. The zero-order chi connectivity index (χ0) is 14.0. The van der Waals surface area contributed by atoms with Crippen molar-refractivity contribution in [1.29, 1.82) is 0 Å². The van der Waals surface area contributed by atoms with E-state index in [0.717, 1.165) is 42.1 Å². The molecule has 0 saturated heterocycles. The van der Waals surface area contributed by atoms with Gasteiger partial charge in [-0.15, -0.1) is 0 Å². The highest BCUT2D eigenvalue weighted by atomic mass is 16.2. The van der Waals surface area contributed by atoms with Crippen molar-refractivity contribution in [3.63, 3.8) is 0 Å². The second-order valence-electron chi connectivity index (χ2n) is 5.61. The van der Waals surface area contributed by atoms with Crippen LogP contribution in [0.3, 0.4) is 0 Å². The number of carbonyl (C=O) groups is 1. The first kappa shape index (κ1) is 13.1. The normalized spacial score (nSPS) is 17.9. The molecule has 1 heterocycles. The van der Waals surface area contributed by atoms with Gasteiger partial charge in [-0.1, -0.05) is 25.3 Å². The minimum atomic E-state index is -0.703. The molecule has 1 saturated carbocycles. The molecule has 4 nitrogen and oxygen atoms in total. The molecule has 104 valence electrons. The average molecular weight is 269 g/mol. The third-order valence-electron chi connectivity index (χ3n) is 4.10. The lowest BCUT2D eigenvalue weighted by atomic mass is 9.82. The topological polar surface area (TPSA) is 68.0 Å². The van der Waals surface area contributed by atoms with Crippen LogP contribution in [0.15, 0.2) is 36.7 Å². The minimum absolute atomic E-state index is 0.0643. The first-order valence-corrected chi connectivity index (χ1v) is 7.12. The molecule has 3 rings (SSSR count). The Morgan fingerprint density at radius 3 is 2.75 bits per heavy atom. The summed E-state index contributed by atoms with van der Waals surface area (Å²) in [5, 5.41) is 5.08. The lowest BCUT2D eigenvalue weighted by molar-refractivity contribution is -0.122. The van der Waals surface area contributed by atoms with Gasteiger partial charge in [-0.3, -0.25) is 9.78 Å². The van der Waals surface area contributed by atoms with Gasteiger partial charge in [0, 0.05) is 23.5 Å². The zero-order valence-corrected chi connectivity index (χ0v) is 11.4. The molecule has 20 heavy (non-hydrogen) atoms. The molecule has 1 aliphatic carbocycles. The van der Waals surface area contributed by atoms with Crippen LogP contribution in [0.4, 0.5) is 5.69 Å². The molecule has 1 amide bonds. The monoisotopic (exact) mass is 269 g/mol. The molecule has 1 aromatic carbocycles. The number of nitrogens with zero attached hydrogens (tertiary/aromatic N) is 1. The largest absolute Gasteiger partial charge is 0.324 e. The lowest BCUT2D eigenvalue weighted by Crippen LogP contribution is -2.52. The Morgan fingerprint density at radius 1 is 1.15 bits per heavy atom. The van der Waals surface area contributed by atoms with E-state index in [1.807, 2.05) is 30.5 Å². The number of hydrogen-bond acceptors (Lipinski definition) is 3. The SMILES string of the molecule is NC1(C(=O)Nc2ccc3cnccc3c2)CCCCC1. The summed E-state index contributed by atoms with van der Waals surface area (Å²) in [6.45, 7) is 0. The fourth-order valence-corrected chi connectivity index (χ4v) is 2.83. The number of carbonyl (C=O) groups excluding carboxylic acids is 1. The molecule has 0 unspecified atom stereocenters. The van der Waals surface area contributed by atoms with Crippen molar-refractivity contribution in [1.82, 2.24) is 4.98 Å². The van der Waals surface area contributed by atoms with Crippen LogP contribution in [0.2, 0.25) is 0 Å². The highest BCUT2D eigenvalue weighted by molar-refractivity contribution is 5.99. The Labute approximate surface area is 118 Å². The minimum Gasteiger partial charge on any atom is -0.324 e. The lowest BCUT2D eigenvalue weighted by Gasteiger charge is -2.31. The molecule has 0 aliphatic heterocycles. The van der Waals surface area contributed by atoms with E-state index in [2.05, 4.69) is 10.3 Å². The Balaban J connectivity index is 1.80. The van der Waals surface area contributed by atoms with Crippen LogP contribution >= 0.6 is 0 Å². The van der Waals surface area contributed by atoms with Crippen LogP contribution < -0.4 is 11.1 Å². The first-order valence-electron chi connectivity index (χ1n) is 7.12. The predicted molar refractivity (Wildman–Crippen MR) is 80.4 cm³/mol. The van der Waals surface area contributed by atoms with Gasteiger partial charge in [0.25, 0.3) is 0 Å². The third-order valence-corrected chi connectivity index (χ3v) is 4.10. The molecule has 0 spiro atoms. The van der Waals surface area contributed by atoms with Gasteiger partial charge in [0.1, 0.15) is 0 Å². The number of pyridine rings is 1. The van der Waals surface area contributed by atoms with Crippen LogP contribution in [0.1, 0.15) is 32.1 Å². The molecular formula is C16H19N3O. The molecule has 3 N–H and O–H groups in total. The van der Waals surface area contributed by atoms with Crippen molar-refractivity contribution in [2.75, 3.05) is 5.32 Å². The molecule has 1 fully saturated rings. The number of aromatic nitrogens is 1. The van der Waals surface area contributed by atoms with Crippen LogP contribution in [0.5, 0.6) is 0 Å². The van der Waals surface area contributed by atoms with E-state index < -0.39 is 5.54 Å². The number of nitrogens with two attached hydrogens (primary N) is 1. The Morgan fingerprint density at radius 2 is 1.95 bits per heavy atom. The van der Waals surface area contributed by atoms with E-state index in [0.29, 0.717) is 0 Å². The van der Waals surface area contributed by atoms with E-state index in [-0.39, 0.29) is 5.91 Å². The van der Waals surface area contributed by atoms with Crippen LogP contribution in [0, 0.1) is 0 Å². The summed E-state index contributed by atoms with van der Waals surface area (Å²) < 4.78 is 0. The standard InChI is InChI=1S/C16H19N3O/c17-16(7-2-1-3-8-16)15(20)19-14-5-4-13-11-18-9-6-12(13)10-14/h4-6,9-11H,1-3,7-8,17H2,(H,19,20). The van der Waals surface area contributed by atoms with Gasteiger partial charge in [-0.2, -0.15) is 0 Å². The van der Waals surface area contributed by atoms with Gasteiger partial charge < -0.3 is 11.1 Å². The Kier molecular flexibility index (Phi) is 3.40. The van der Waals surface area contributed by atoms with Gasteiger partial charge in [0.15, 0.2) is 0 Å². The fourth-order valence-electron chi connectivity index (χ4n) is 2.83. The van der Waals surface area contributed by atoms with Crippen molar-refractivity contribution < 1.29 is 4.79 Å². The van der Waals surface area contributed by atoms with Gasteiger partial charge in [-0.05, 0) is 36.4 Å². The maximum Gasteiger partial charge on any atom is 0.244 e. The van der Waals surface area contributed by atoms with Crippen molar-refractivity contribution in [3.8, 4) is 0 Å². The van der Waals surface area contributed by atoms with E-state index in [9.17, 15) is 4.79 Å². The van der Waals surface area contributed by atoms with Gasteiger partial charge in [0.2, 0.25) is 5.91 Å². The molecule has 0 radical (unpaired) electrons. The molecule has 2 aromatic rings. The summed E-state index contributed by atoms with van der Waals surface area (Å²) in [7, 11) is 0. The Hall–Kier alpha value is -1.94. The molecule has 0 atom stereocenters. The average Bonchev–Trinajstić information content (AvgIpc) is 2.48. The van der Waals surface area contributed by atoms with E-state index in [1.165, 1.54) is 6.42 Å². The number of hydrogen-bond donors (Lipinski definition) is 2. The van der Waals surface area contributed by atoms with Gasteiger partial charge >= 0.3 is 0 Å². The molecular weight excluding hydrogens is 250 g/mol. The number of anilines is 1. The van der Waals surface area contributed by atoms with Crippen LogP contribution in [-0.4, -0.2) is 16.4 Å². The van der Waals surface area contributed by atoms with Crippen molar-refractivity contribution in [3.05, 3.63) is 36.7 Å². The zero-order valence-electron chi connectivity index (χ0n) is 11.4. The number of amides is 1. The summed E-state index contributed by atoms with van der Waals surface area (Å²) in [6.07, 6.45) is 8.36. The predicted octanol–water partition coefficient (Wildman–Crippen LogP) is 2.83. The number of rotatable bonds is 2. The summed E-state index contributed by atoms with van der Waals surface area (Å²) in [5.74, 6) is -0.0643. The molecule has 1 aromatic heterocycles. The van der Waals surface area contributed by atoms with Crippen LogP contribution in [-0.2, 0) is 4.79 Å². The summed E-state index contributed by atoms with van der Waals surface area (Å²) in [4.78, 5) is 16.5. The second-order valence-corrected chi connectivity index (χ2v) is 5.61. The van der Waals surface area contributed by atoms with Crippen LogP contribution in [0.25, 0.3) is 10.8 Å². The first-order chi connectivity index (χ1) is 9.67. The number of benzene rings is 1. The quantitative estimate of drug-likeness (QED) is 0.881. The van der Waals surface area contributed by atoms with Gasteiger partial charge in [-0.25, -0.2) is 0 Å².